The van der Waals surface area contributed by atoms with Crippen molar-refractivity contribution in [2.75, 3.05) is 31.7 Å². The highest BCUT2D eigenvalue weighted by atomic mass is 19.4. The van der Waals surface area contributed by atoms with Crippen LogP contribution < -0.4 is 21.3 Å². The molecule has 2 aliphatic rings. The van der Waals surface area contributed by atoms with E-state index in [4.69, 9.17) is 4.74 Å². The zero-order chi connectivity index (χ0) is 29.3. The molecule has 1 unspecified atom stereocenters. The van der Waals surface area contributed by atoms with Crippen LogP contribution in [0.2, 0.25) is 0 Å². The van der Waals surface area contributed by atoms with Gasteiger partial charge in [0.2, 0.25) is 11.8 Å². The van der Waals surface area contributed by atoms with Crippen LogP contribution in [-0.4, -0.2) is 74.2 Å². The fourth-order valence-electron chi connectivity index (χ4n) is 4.46. The Labute approximate surface area is 226 Å². The monoisotopic (exact) mass is 574 g/mol. The lowest BCUT2D eigenvalue weighted by Crippen LogP contribution is -2.55. The molecule has 0 spiro atoms. The Hall–Kier alpha value is -3.59. The van der Waals surface area contributed by atoms with E-state index in [0.717, 1.165) is 6.07 Å². The molecule has 0 radical (unpaired) electrons. The van der Waals surface area contributed by atoms with Crippen molar-refractivity contribution in [1.82, 2.24) is 16.0 Å². The number of carbonyl (C=O) groups is 5. The van der Waals surface area contributed by atoms with Gasteiger partial charge in [-0.15, -0.1) is 13.2 Å². The fraction of sp³-hybridized carbons (Fsp3) is 0.560. The summed E-state index contributed by atoms with van der Waals surface area (Å²) in [6.45, 7) is -0.303. The van der Waals surface area contributed by atoms with Gasteiger partial charge in [0.15, 0.2) is 5.78 Å². The van der Waals surface area contributed by atoms with Crippen LogP contribution in [0.5, 0.6) is 0 Å². The number of hydrogen-bond acceptors (Lipinski definition) is 7. The van der Waals surface area contributed by atoms with E-state index >= 15 is 0 Å². The first-order valence-corrected chi connectivity index (χ1v) is 12.7. The van der Waals surface area contributed by atoms with E-state index in [1.54, 1.807) is 0 Å². The molecule has 0 aliphatic carbocycles. The van der Waals surface area contributed by atoms with Gasteiger partial charge in [0, 0.05) is 25.7 Å². The minimum Gasteiger partial charge on any atom is -0.381 e. The Bertz CT molecular complexity index is 1100. The molecule has 2 saturated heterocycles. The Morgan fingerprint density at radius 1 is 1.00 bits per heavy atom. The molecule has 15 heteroatoms. The van der Waals surface area contributed by atoms with E-state index in [1.807, 2.05) is 0 Å². The number of Topliss-reactive ketones (excluding diaryl/α,β-unsaturated/α-hetero) is 1. The lowest BCUT2D eigenvalue weighted by atomic mass is 9.91. The number of para-hydroxylation sites is 1. The van der Waals surface area contributed by atoms with Crippen LogP contribution in [0.4, 0.5) is 23.2 Å². The number of ketones is 1. The molecule has 3 rings (SSSR count). The molecule has 4 amide bonds. The smallest absolute Gasteiger partial charge is 0.381 e. The van der Waals surface area contributed by atoms with Gasteiger partial charge in [-0.3, -0.25) is 28.7 Å². The number of nitrogens with one attached hydrogen (secondary N) is 4. The largest absolute Gasteiger partial charge is 0.522 e. The zero-order valence-corrected chi connectivity index (χ0v) is 21.4. The standard InChI is InChI=1S/C25H30F4N4O7/c26-16-3-1-2-4-17(16)31-23(37)24(38)33-19(11-14-6-9-39-10-7-14)22(36)32-18(12-15-5-8-30-21(15)35)20(34)13-40-25(27,28)29/h1-4,14-15,18-19H,5-13H2,(H,30,35)(H,31,37)(H,32,36)(H,33,38)/t15-,18-,19?/m0/s1. The van der Waals surface area contributed by atoms with Crippen LogP contribution in [0.15, 0.2) is 24.3 Å². The molecule has 1 aromatic carbocycles. The maximum atomic E-state index is 13.9. The third kappa shape index (κ3) is 9.55. The van der Waals surface area contributed by atoms with Crippen molar-refractivity contribution in [3.63, 3.8) is 0 Å². The Kier molecular flexibility index (Phi) is 11.0. The number of alkyl halides is 3. The van der Waals surface area contributed by atoms with E-state index in [2.05, 4.69) is 26.0 Å². The highest BCUT2D eigenvalue weighted by Gasteiger charge is 2.37. The quantitative estimate of drug-likeness (QED) is 0.229. The molecular weight excluding hydrogens is 544 g/mol. The normalized spacial score (nSPS) is 19.3. The number of amides is 4. The second kappa shape index (κ2) is 14.2. The maximum Gasteiger partial charge on any atom is 0.522 e. The first-order valence-electron chi connectivity index (χ1n) is 12.7. The third-order valence-electron chi connectivity index (χ3n) is 6.63. The predicted octanol–water partition coefficient (Wildman–Crippen LogP) is 1.18. The summed E-state index contributed by atoms with van der Waals surface area (Å²) in [6.07, 6.45) is -3.99. The molecule has 40 heavy (non-hydrogen) atoms. The average Bonchev–Trinajstić information content (AvgIpc) is 3.31. The van der Waals surface area contributed by atoms with Crippen LogP contribution in [-0.2, 0) is 33.4 Å². The molecule has 4 N–H and O–H groups in total. The second-order valence-electron chi connectivity index (χ2n) is 9.53. The first-order chi connectivity index (χ1) is 18.9. The molecule has 11 nitrogen and oxygen atoms in total. The van der Waals surface area contributed by atoms with Gasteiger partial charge >= 0.3 is 18.2 Å². The van der Waals surface area contributed by atoms with Gasteiger partial charge in [0.1, 0.15) is 18.5 Å². The number of anilines is 1. The predicted molar refractivity (Wildman–Crippen MR) is 130 cm³/mol. The number of benzene rings is 1. The van der Waals surface area contributed by atoms with Crippen LogP contribution in [0, 0.1) is 17.7 Å². The van der Waals surface area contributed by atoms with Gasteiger partial charge in [-0.25, -0.2) is 4.39 Å². The summed E-state index contributed by atoms with van der Waals surface area (Å²) in [7, 11) is 0. The summed E-state index contributed by atoms with van der Waals surface area (Å²) in [5.74, 6) is -6.67. The molecule has 2 aliphatic heterocycles. The number of hydrogen-bond donors (Lipinski definition) is 4. The number of halogens is 4. The van der Waals surface area contributed by atoms with Crippen molar-refractivity contribution < 1.29 is 51.0 Å². The first kappa shape index (κ1) is 30.9. The van der Waals surface area contributed by atoms with E-state index in [0.29, 0.717) is 39.0 Å². The second-order valence-corrected chi connectivity index (χ2v) is 9.53. The summed E-state index contributed by atoms with van der Waals surface area (Å²) in [4.78, 5) is 63.0. The number of carbonyl (C=O) groups excluding carboxylic acids is 5. The minimum absolute atomic E-state index is 0.0256. The van der Waals surface area contributed by atoms with Crippen LogP contribution >= 0.6 is 0 Å². The highest BCUT2D eigenvalue weighted by Crippen LogP contribution is 2.22. The molecule has 2 heterocycles. The van der Waals surface area contributed by atoms with Crippen molar-refractivity contribution in [2.45, 2.75) is 50.6 Å². The van der Waals surface area contributed by atoms with Gasteiger partial charge in [-0.1, -0.05) is 12.1 Å². The molecule has 2 fully saturated rings. The topological polar surface area (TPSA) is 152 Å². The molecule has 0 saturated carbocycles. The minimum atomic E-state index is -5.10. The van der Waals surface area contributed by atoms with Crippen molar-refractivity contribution in [1.29, 1.82) is 0 Å². The lowest BCUT2D eigenvalue weighted by Gasteiger charge is -2.28. The van der Waals surface area contributed by atoms with E-state index in [1.165, 1.54) is 18.2 Å². The summed E-state index contributed by atoms with van der Waals surface area (Å²) in [5.41, 5.74) is -0.266. The van der Waals surface area contributed by atoms with Gasteiger partial charge in [-0.2, -0.15) is 0 Å². The Morgan fingerprint density at radius 2 is 1.70 bits per heavy atom. The van der Waals surface area contributed by atoms with Gasteiger partial charge < -0.3 is 26.0 Å². The van der Waals surface area contributed by atoms with Crippen LogP contribution in [0.3, 0.4) is 0 Å². The summed E-state index contributed by atoms with van der Waals surface area (Å²) in [6, 6.07) is 2.20. The Balaban J connectivity index is 1.74. The van der Waals surface area contributed by atoms with Crippen LogP contribution in [0.1, 0.15) is 32.1 Å². The van der Waals surface area contributed by atoms with Gasteiger partial charge in [0.25, 0.3) is 0 Å². The molecule has 0 bridgehead atoms. The summed E-state index contributed by atoms with van der Waals surface area (Å²) in [5, 5.41) is 9.27. The van der Waals surface area contributed by atoms with Crippen molar-refractivity contribution in [3.8, 4) is 0 Å². The van der Waals surface area contributed by atoms with Gasteiger partial charge in [-0.05, 0) is 50.2 Å². The Morgan fingerprint density at radius 3 is 2.33 bits per heavy atom. The highest BCUT2D eigenvalue weighted by molar-refractivity contribution is 6.40. The van der Waals surface area contributed by atoms with E-state index < -0.39 is 66.2 Å². The lowest BCUT2D eigenvalue weighted by molar-refractivity contribution is -0.321. The summed E-state index contributed by atoms with van der Waals surface area (Å²) >= 11 is 0. The van der Waals surface area contributed by atoms with E-state index in [9.17, 15) is 41.5 Å². The summed E-state index contributed by atoms with van der Waals surface area (Å²) < 4.78 is 60.5. The van der Waals surface area contributed by atoms with E-state index in [-0.39, 0.29) is 24.4 Å². The molecule has 1 aromatic rings. The van der Waals surface area contributed by atoms with Crippen molar-refractivity contribution >= 4 is 35.1 Å². The van der Waals surface area contributed by atoms with Crippen molar-refractivity contribution in [3.05, 3.63) is 30.1 Å². The molecule has 3 atom stereocenters. The molecular formula is C25H30F4N4O7. The maximum absolute atomic E-state index is 13.9. The molecule has 220 valence electrons. The zero-order valence-electron chi connectivity index (χ0n) is 21.4. The molecule has 0 aromatic heterocycles. The third-order valence-corrected chi connectivity index (χ3v) is 6.63. The van der Waals surface area contributed by atoms with Gasteiger partial charge in [0.05, 0.1) is 11.7 Å². The SMILES string of the molecule is O=C(Nc1ccccc1F)C(=O)NC(CC1CCOCC1)C(=O)N[C@@H](C[C@@H]1CCNC1=O)C(=O)COC(F)(F)F. The average molecular weight is 575 g/mol. The number of rotatable bonds is 11. The van der Waals surface area contributed by atoms with Crippen molar-refractivity contribution in [2.24, 2.45) is 11.8 Å². The van der Waals surface area contributed by atoms with Crippen LogP contribution in [0.25, 0.3) is 0 Å². The fourth-order valence-corrected chi connectivity index (χ4v) is 4.46. The number of ether oxygens (including phenoxy) is 2.